The van der Waals surface area contributed by atoms with Crippen LogP contribution in [0.15, 0.2) is 29.3 Å². The number of thiazole rings is 1. The summed E-state index contributed by atoms with van der Waals surface area (Å²) >= 11 is 6.49. The van der Waals surface area contributed by atoms with Crippen molar-refractivity contribution in [2.24, 2.45) is 4.99 Å². The minimum atomic E-state index is -0.926. The van der Waals surface area contributed by atoms with Gasteiger partial charge in [0.2, 0.25) is 5.88 Å². The van der Waals surface area contributed by atoms with Gasteiger partial charge in [-0.15, -0.1) is 11.3 Å². The molecule has 1 aromatic heterocycles. The van der Waals surface area contributed by atoms with Crippen molar-refractivity contribution in [3.63, 3.8) is 0 Å². The van der Waals surface area contributed by atoms with Gasteiger partial charge in [0.1, 0.15) is 0 Å². The Hall–Kier alpha value is -2.25. The lowest BCUT2D eigenvalue weighted by Crippen LogP contribution is -2.03. The molecule has 0 amide bonds. The molecule has 2 heterocycles. The van der Waals surface area contributed by atoms with E-state index in [-0.39, 0.29) is 18.8 Å². The van der Waals surface area contributed by atoms with Gasteiger partial charge < -0.3 is 10.2 Å². The molecular weight excluding hydrogens is 332 g/mol. The zero-order valence-corrected chi connectivity index (χ0v) is 13.9. The molecule has 5 nitrogen and oxygen atoms in total. The maximum atomic E-state index is 10.7. The third kappa shape index (κ3) is 2.97. The van der Waals surface area contributed by atoms with Crippen LogP contribution in [0.25, 0.3) is 11.6 Å². The van der Waals surface area contributed by atoms with Gasteiger partial charge in [-0.2, -0.15) is 0 Å². The van der Waals surface area contributed by atoms with E-state index in [1.807, 2.05) is 37.3 Å². The number of para-hydroxylation sites is 1. The second kappa shape index (κ2) is 6.10. The maximum absolute atomic E-state index is 10.7. The first-order valence-electron chi connectivity index (χ1n) is 6.98. The summed E-state index contributed by atoms with van der Waals surface area (Å²) in [4.78, 5) is 15.8. The third-order valence-corrected chi connectivity index (χ3v) is 4.98. The van der Waals surface area contributed by atoms with Gasteiger partial charge in [-0.1, -0.05) is 18.2 Å². The highest BCUT2D eigenvalue weighted by Crippen LogP contribution is 2.38. The number of hydrogen-bond acceptors (Lipinski definition) is 5. The smallest absolute Gasteiger partial charge is 0.305 e. The first-order valence-corrected chi connectivity index (χ1v) is 8.21. The van der Waals surface area contributed by atoms with Gasteiger partial charge in [0, 0.05) is 23.4 Å². The summed E-state index contributed by atoms with van der Waals surface area (Å²) in [5, 5.41) is 19.1. The predicted octanol–water partition coefficient (Wildman–Crippen LogP) is 4.11. The summed E-state index contributed by atoms with van der Waals surface area (Å²) in [5.41, 5.74) is 3.74. The summed E-state index contributed by atoms with van der Waals surface area (Å²) in [6.07, 6.45) is 1.77. The van der Waals surface area contributed by atoms with Crippen LogP contribution in [0.1, 0.15) is 23.8 Å². The van der Waals surface area contributed by atoms with E-state index in [0.29, 0.717) is 8.83 Å². The van der Waals surface area contributed by atoms with Gasteiger partial charge in [0.25, 0.3) is 0 Å². The molecular formula is C16H14N2O3S2. The number of nitrogens with zero attached hydrogens (tertiary/aromatic N) is 2. The third-order valence-electron chi connectivity index (χ3n) is 3.59. The molecule has 0 bridgehead atoms. The fourth-order valence-electron chi connectivity index (χ4n) is 2.46. The molecule has 0 fully saturated rings. The molecule has 7 heteroatoms. The maximum Gasteiger partial charge on any atom is 0.305 e. The number of carboxylic acids is 1. The highest BCUT2D eigenvalue weighted by Gasteiger charge is 2.19. The molecule has 1 aliphatic rings. The Bertz CT molecular complexity index is 906. The highest BCUT2D eigenvalue weighted by molar-refractivity contribution is 7.73. The molecule has 1 aliphatic heterocycles. The van der Waals surface area contributed by atoms with Crippen LogP contribution in [0, 0.1) is 3.95 Å². The van der Waals surface area contributed by atoms with Gasteiger partial charge >= 0.3 is 5.97 Å². The molecule has 0 unspecified atom stereocenters. The summed E-state index contributed by atoms with van der Waals surface area (Å²) in [6, 6.07) is 7.81. The summed E-state index contributed by atoms with van der Waals surface area (Å²) < 4.78 is 1.91. The van der Waals surface area contributed by atoms with Gasteiger partial charge in [-0.25, -0.2) is 0 Å². The standard InChI is InChI=1S/C16H14N2O3S2/c1-9-11(10-4-2-3-5-12(10)17-9)8-13-15(21)18(16(22)23-13)7-6-14(19)20/h2-5,8,21H,6-7H2,1H3,(H,19,20)/b11-8+. The zero-order valence-electron chi connectivity index (χ0n) is 12.3. The molecule has 0 saturated heterocycles. The van der Waals surface area contributed by atoms with Crippen molar-refractivity contribution < 1.29 is 15.0 Å². The lowest BCUT2D eigenvalue weighted by atomic mass is 10.0. The molecule has 0 atom stereocenters. The van der Waals surface area contributed by atoms with Crippen LogP contribution in [0.2, 0.25) is 0 Å². The zero-order chi connectivity index (χ0) is 16.6. The second-order valence-corrected chi connectivity index (χ2v) is 6.80. The summed E-state index contributed by atoms with van der Waals surface area (Å²) in [7, 11) is 0. The molecule has 3 rings (SSSR count). The minimum absolute atomic E-state index is 0.00549. The first kappa shape index (κ1) is 15.6. The number of rotatable bonds is 4. The van der Waals surface area contributed by atoms with Gasteiger partial charge in [0.15, 0.2) is 3.95 Å². The second-order valence-electron chi connectivity index (χ2n) is 5.12. The quantitative estimate of drug-likeness (QED) is 0.817. The summed E-state index contributed by atoms with van der Waals surface area (Å²) in [6.45, 7) is 2.08. The number of aliphatic carboxylic acids is 1. The lowest BCUT2D eigenvalue weighted by Gasteiger charge is -2.03. The van der Waals surface area contributed by atoms with Crippen LogP contribution in [-0.4, -0.2) is 26.5 Å². The van der Waals surface area contributed by atoms with E-state index in [2.05, 4.69) is 4.99 Å². The van der Waals surface area contributed by atoms with Crippen LogP contribution in [0.5, 0.6) is 5.88 Å². The molecule has 0 saturated carbocycles. The fraction of sp³-hybridized carbons (Fsp3) is 0.188. The molecule has 2 aromatic rings. The Balaban J connectivity index is 2.01. The monoisotopic (exact) mass is 346 g/mol. The number of aliphatic imine (C=N–C) groups is 1. The van der Waals surface area contributed by atoms with Gasteiger partial charge in [-0.05, 0) is 31.3 Å². The molecule has 1 aromatic carbocycles. The van der Waals surface area contributed by atoms with Crippen molar-refractivity contribution >= 4 is 52.6 Å². The minimum Gasteiger partial charge on any atom is -0.493 e. The number of hydrogen-bond donors (Lipinski definition) is 2. The number of aromatic hydroxyl groups is 1. The van der Waals surface area contributed by atoms with E-state index in [1.54, 1.807) is 0 Å². The first-order chi connectivity index (χ1) is 11.0. The molecule has 118 valence electrons. The van der Waals surface area contributed by atoms with Crippen LogP contribution in [0.4, 0.5) is 5.69 Å². The Labute approximate surface area is 141 Å². The van der Waals surface area contributed by atoms with Crippen molar-refractivity contribution in [1.29, 1.82) is 0 Å². The van der Waals surface area contributed by atoms with Crippen molar-refractivity contribution in [3.05, 3.63) is 38.7 Å². The number of carbonyl (C=O) groups is 1. The largest absolute Gasteiger partial charge is 0.493 e. The molecule has 0 radical (unpaired) electrons. The van der Waals surface area contributed by atoms with Crippen molar-refractivity contribution in [2.45, 2.75) is 19.9 Å². The molecule has 23 heavy (non-hydrogen) atoms. The van der Waals surface area contributed by atoms with E-state index in [0.717, 1.165) is 22.5 Å². The van der Waals surface area contributed by atoms with Crippen LogP contribution in [0.3, 0.4) is 0 Å². The molecule has 0 aliphatic carbocycles. The average molecular weight is 346 g/mol. The number of aromatic nitrogens is 1. The van der Waals surface area contributed by atoms with Gasteiger partial charge in [-0.3, -0.25) is 14.4 Å². The van der Waals surface area contributed by atoms with E-state index in [4.69, 9.17) is 17.3 Å². The van der Waals surface area contributed by atoms with Crippen LogP contribution < -0.4 is 0 Å². The highest BCUT2D eigenvalue weighted by atomic mass is 32.1. The van der Waals surface area contributed by atoms with Crippen molar-refractivity contribution in [2.75, 3.05) is 0 Å². The van der Waals surface area contributed by atoms with E-state index < -0.39 is 5.97 Å². The Morgan fingerprint density at radius 3 is 2.91 bits per heavy atom. The molecule has 0 spiro atoms. The van der Waals surface area contributed by atoms with Crippen LogP contribution in [-0.2, 0) is 11.3 Å². The van der Waals surface area contributed by atoms with E-state index in [9.17, 15) is 9.90 Å². The predicted molar refractivity (Wildman–Crippen MR) is 94.1 cm³/mol. The summed E-state index contributed by atoms with van der Waals surface area (Å²) in [5.74, 6) is -0.920. The number of allylic oxidation sites excluding steroid dienone is 1. The lowest BCUT2D eigenvalue weighted by molar-refractivity contribution is -0.137. The SMILES string of the molecule is CC1=Nc2ccccc2/C1=C/c1sc(=S)n(CCC(=O)O)c1O. The topological polar surface area (TPSA) is 74.8 Å². The van der Waals surface area contributed by atoms with E-state index >= 15 is 0 Å². The van der Waals surface area contributed by atoms with Crippen molar-refractivity contribution in [3.8, 4) is 5.88 Å². The number of benzene rings is 1. The van der Waals surface area contributed by atoms with Crippen molar-refractivity contribution in [1.82, 2.24) is 4.57 Å². The Morgan fingerprint density at radius 2 is 2.17 bits per heavy atom. The fourth-order valence-corrected chi connectivity index (χ4v) is 3.76. The molecule has 2 N–H and O–H groups in total. The number of carboxylic acid groups (broad SMARTS) is 1. The van der Waals surface area contributed by atoms with Gasteiger partial charge in [0.05, 0.1) is 17.0 Å². The number of fused-ring (bicyclic) bond motifs is 1. The Morgan fingerprint density at radius 1 is 1.43 bits per heavy atom. The average Bonchev–Trinajstić information content (AvgIpc) is 2.95. The van der Waals surface area contributed by atoms with Crippen LogP contribution >= 0.6 is 23.6 Å². The van der Waals surface area contributed by atoms with E-state index in [1.165, 1.54) is 15.9 Å². The Kier molecular flexibility index (Phi) is 4.14. The normalized spacial score (nSPS) is 14.8.